The second-order valence-corrected chi connectivity index (χ2v) is 6.36. The van der Waals surface area contributed by atoms with Crippen LogP contribution in [0.3, 0.4) is 0 Å². The predicted molar refractivity (Wildman–Crippen MR) is 95.3 cm³/mol. The van der Waals surface area contributed by atoms with E-state index in [-0.39, 0.29) is 24.3 Å². The van der Waals surface area contributed by atoms with Crippen LogP contribution in [0.5, 0.6) is 0 Å². The minimum Gasteiger partial charge on any atom is -0.468 e. The number of esters is 1. The van der Waals surface area contributed by atoms with E-state index in [0.29, 0.717) is 13.0 Å². The number of rotatable bonds is 8. The van der Waals surface area contributed by atoms with Gasteiger partial charge in [0.05, 0.1) is 20.3 Å². The number of carbonyl (C=O) groups is 2. The molecule has 0 saturated carbocycles. The Morgan fingerprint density at radius 1 is 1.24 bits per heavy atom. The Morgan fingerprint density at radius 2 is 1.92 bits per heavy atom. The first-order valence-corrected chi connectivity index (χ1v) is 8.79. The van der Waals surface area contributed by atoms with E-state index in [0.717, 1.165) is 38.4 Å². The summed E-state index contributed by atoms with van der Waals surface area (Å²) in [5, 5.41) is 0. The zero-order valence-corrected chi connectivity index (χ0v) is 15.1. The Balaban J connectivity index is 1.92. The number of methoxy groups -OCH3 is 1. The summed E-state index contributed by atoms with van der Waals surface area (Å²) in [6, 6.07) is 9.96. The zero-order chi connectivity index (χ0) is 18.1. The van der Waals surface area contributed by atoms with Crippen molar-refractivity contribution in [1.82, 2.24) is 9.80 Å². The molecule has 0 N–H and O–H groups in total. The SMILES string of the molecule is COC(=O)CN(CCN1CCOCC1)C(=O)C[C@H](C)c1ccccc1. The number of ether oxygens (including phenoxy) is 2. The Kier molecular flexibility index (Phi) is 7.88. The van der Waals surface area contributed by atoms with Gasteiger partial charge in [0.2, 0.25) is 5.91 Å². The maximum Gasteiger partial charge on any atom is 0.325 e. The van der Waals surface area contributed by atoms with Gasteiger partial charge in [0.15, 0.2) is 0 Å². The Bertz CT molecular complexity index is 544. The molecule has 1 aromatic carbocycles. The fourth-order valence-electron chi connectivity index (χ4n) is 2.89. The van der Waals surface area contributed by atoms with Gasteiger partial charge < -0.3 is 14.4 Å². The Hall–Kier alpha value is -1.92. The van der Waals surface area contributed by atoms with Crippen molar-refractivity contribution in [2.45, 2.75) is 19.3 Å². The van der Waals surface area contributed by atoms with Gasteiger partial charge in [0, 0.05) is 32.6 Å². The van der Waals surface area contributed by atoms with Gasteiger partial charge in [-0.2, -0.15) is 0 Å². The van der Waals surface area contributed by atoms with Crippen molar-refractivity contribution in [1.29, 1.82) is 0 Å². The number of carbonyl (C=O) groups excluding carboxylic acids is 2. The number of hydrogen-bond acceptors (Lipinski definition) is 5. The highest BCUT2D eigenvalue weighted by molar-refractivity contribution is 5.82. The molecule has 1 fully saturated rings. The summed E-state index contributed by atoms with van der Waals surface area (Å²) in [6.07, 6.45) is 0.379. The van der Waals surface area contributed by atoms with Crippen LogP contribution in [0.1, 0.15) is 24.8 Å². The normalized spacial score (nSPS) is 16.2. The van der Waals surface area contributed by atoms with Gasteiger partial charge in [-0.1, -0.05) is 37.3 Å². The van der Waals surface area contributed by atoms with Crippen molar-refractivity contribution in [3.05, 3.63) is 35.9 Å². The van der Waals surface area contributed by atoms with Crippen LogP contribution in [0.25, 0.3) is 0 Å². The van der Waals surface area contributed by atoms with Crippen LogP contribution in [-0.4, -0.2) is 74.7 Å². The molecule has 1 atom stereocenters. The second-order valence-electron chi connectivity index (χ2n) is 6.36. The first-order valence-electron chi connectivity index (χ1n) is 8.79. The van der Waals surface area contributed by atoms with E-state index in [9.17, 15) is 9.59 Å². The minimum atomic E-state index is -0.386. The molecule has 1 aliphatic heterocycles. The molecule has 0 unspecified atom stereocenters. The molecule has 1 amide bonds. The molecule has 0 aliphatic carbocycles. The average Bonchev–Trinajstić information content (AvgIpc) is 2.66. The van der Waals surface area contributed by atoms with Gasteiger partial charge in [-0.3, -0.25) is 14.5 Å². The first-order chi connectivity index (χ1) is 12.1. The number of benzene rings is 1. The van der Waals surface area contributed by atoms with Crippen molar-refractivity contribution in [3.8, 4) is 0 Å². The van der Waals surface area contributed by atoms with Gasteiger partial charge in [0.1, 0.15) is 6.54 Å². The highest BCUT2D eigenvalue weighted by Gasteiger charge is 2.21. The predicted octanol–water partition coefficient (Wildman–Crippen LogP) is 1.51. The molecule has 0 spiro atoms. The molecular weight excluding hydrogens is 320 g/mol. The third-order valence-electron chi connectivity index (χ3n) is 4.54. The van der Waals surface area contributed by atoms with Gasteiger partial charge in [0.25, 0.3) is 0 Å². The van der Waals surface area contributed by atoms with Crippen LogP contribution in [0.15, 0.2) is 30.3 Å². The number of morpholine rings is 1. The minimum absolute atomic E-state index is 0.00117. The lowest BCUT2D eigenvalue weighted by Crippen LogP contribution is -2.45. The van der Waals surface area contributed by atoms with Crippen LogP contribution in [0, 0.1) is 0 Å². The maximum atomic E-state index is 12.7. The van der Waals surface area contributed by atoms with Gasteiger partial charge >= 0.3 is 5.97 Å². The van der Waals surface area contributed by atoms with E-state index in [1.807, 2.05) is 37.3 Å². The molecular formula is C19H28N2O4. The summed E-state index contributed by atoms with van der Waals surface area (Å²) < 4.78 is 10.1. The van der Waals surface area contributed by atoms with E-state index >= 15 is 0 Å². The fraction of sp³-hybridized carbons (Fsp3) is 0.579. The second kappa shape index (κ2) is 10.2. The van der Waals surface area contributed by atoms with Crippen molar-refractivity contribution in [2.24, 2.45) is 0 Å². The lowest BCUT2D eigenvalue weighted by atomic mass is 9.97. The van der Waals surface area contributed by atoms with Crippen molar-refractivity contribution < 1.29 is 19.1 Å². The molecule has 25 heavy (non-hydrogen) atoms. The summed E-state index contributed by atoms with van der Waals surface area (Å²) in [7, 11) is 1.35. The van der Waals surface area contributed by atoms with E-state index in [2.05, 4.69) is 4.90 Å². The van der Waals surface area contributed by atoms with Gasteiger partial charge in [-0.15, -0.1) is 0 Å². The smallest absolute Gasteiger partial charge is 0.325 e. The molecule has 6 nitrogen and oxygen atoms in total. The molecule has 1 saturated heterocycles. The number of amides is 1. The molecule has 1 aromatic rings. The molecule has 0 bridgehead atoms. The lowest BCUT2D eigenvalue weighted by molar-refractivity contribution is -0.147. The topological polar surface area (TPSA) is 59.1 Å². The van der Waals surface area contributed by atoms with E-state index in [1.165, 1.54) is 7.11 Å². The summed E-state index contributed by atoms with van der Waals surface area (Å²) in [5.41, 5.74) is 1.13. The molecule has 1 heterocycles. The summed E-state index contributed by atoms with van der Waals surface area (Å²) in [4.78, 5) is 28.3. The van der Waals surface area contributed by atoms with E-state index < -0.39 is 0 Å². The van der Waals surface area contributed by atoms with Crippen molar-refractivity contribution in [3.63, 3.8) is 0 Å². The summed E-state index contributed by atoms with van der Waals surface area (Å²) in [5.74, 6) is -0.296. The van der Waals surface area contributed by atoms with Crippen LogP contribution in [0.4, 0.5) is 0 Å². The first kappa shape index (κ1) is 19.4. The zero-order valence-electron chi connectivity index (χ0n) is 15.1. The van der Waals surface area contributed by atoms with Crippen molar-refractivity contribution >= 4 is 11.9 Å². The van der Waals surface area contributed by atoms with Crippen LogP contribution in [0.2, 0.25) is 0 Å². The molecule has 0 radical (unpaired) electrons. The fourth-order valence-corrected chi connectivity index (χ4v) is 2.89. The summed E-state index contributed by atoms with van der Waals surface area (Å²) in [6.45, 7) is 6.46. The Labute approximate surface area is 149 Å². The molecule has 6 heteroatoms. The quantitative estimate of drug-likeness (QED) is 0.667. The maximum absolute atomic E-state index is 12.7. The molecule has 2 rings (SSSR count). The van der Waals surface area contributed by atoms with Gasteiger partial charge in [-0.25, -0.2) is 0 Å². The highest BCUT2D eigenvalue weighted by Crippen LogP contribution is 2.19. The van der Waals surface area contributed by atoms with Gasteiger partial charge in [-0.05, 0) is 11.5 Å². The average molecular weight is 348 g/mol. The molecule has 1 aliphatic rings. The highest BCUT2D eigenvalue weighted by atomic mass is 16.5. The van der Waals surface area contributed by atoms with E-state index in [4.69, 9.17) is 9.47 Å². The van der Waals surface area contributed by atoms with E-state index in [1.54, 1.807) is 4.90 Å². The van der Waals surface area contributed by atoms with Crippen LogP contribution in [-0.2, 0) is 19.1 Å². The number of nitrogens with zero attached hydrogens (tertiary/aromatic N) is 2. The third-order valence-corrected chi connectivity index (χ3v) is 4.54. The van der Waals surface area contributed by atoms with Crippen LogP contribution >= 0.6 is 0 Å². The molecule has 0 aromatic heterocycles. The summed E-state index contributed by atoms with van der Waals surface area (Å²) >= 11 is 0. The van der Waals surface area contributed by atoms with Crippen molar-refractivity contribution in [2.75, 3.05) is 53.0 Å². The third kappa shape index (κ3) is 6.48. The Morgan fingerprint density at radius 3 is 2.56 bits per heavy atom. The monoisotopic (exact) mass is 348 g/mol. The largest absolute Gasteiger partial charge is 0.468 e. The molecule has 138 valence electrons. The lowest BCUT2D eigenvalue weighted by Gasteiger charge is -2.30. The van der Waals surface area contributed by atoms with Crippen LogP contribution < -0.4 is 0 Å². The standard InChI is InChI=1S/C19H28N2O4/c1-16(17-6-4-3-5-7-17)14-18(22)21(15-19(23)24-2)9-8-20-10-12-25-13-11-20/h3-7,16H,8-15H2,1-2H3/t16-/m0/s1. The number of hydrogen-bond donors (Lipinski definition) is 0.